The molecule has 0 bridgehead atoms. The minimum absolute atomic E-state index is 0.108. The molecule has 7 heteroatoms. The highest BCUT2D eigenvalue weighted by molar-refractivity contribution is 7.92. The Morgan fingerprint density at radius 3 is 2.24 bits per heavy atom. The molecular weight excluding hydrogens is 436 g/mol. The molecule has 0 aliphatic carbocycles. The quantitative estimate of drug-likeness (QED) is 0.398. The number of nitrogens with zero attached hydrogens (tertiary/aromatic N) is 1. The molecule has 4 aromatic carbocycles. The van der Waals surface area contributed by atoms with Gasteiger partial charge in [-0.1, -0.05) is 54.6 Å². The third-order valence-corrected chi connectivity index (χ3v) is 6.91. The van der Waals surface area contributed by atoms with Crippen molar-refractivity contribution in [2.75, 3.05) is 22.8 Å². The van der Waals surface area contributed by atoms with Crippen molar-refractivity contribution in [3.63, 3.8) is 0 Å². The van der Waals surface area contributed by atoms with Gasteiger partial charge in [0.25, 0.3) is 10.0 Å². The average Bonchev–Trinajstić information content (AvgIpc) is 2.84. The van der Waals surface area contributed by atoms with E-state index >= 15 is 0 Å². The van der Waals surface area contributed by atoms with Crippen LogP contribution in [0.4, 0.5) is 11.4 Å². The molecule has 1 amide bonds. The van der Waals surface area contributed by atoms with Gasteiger partial charge in [0.1, 0.15) is 12.3 Å². The second-order valence-electron chi connectivity index (χ2n) is 7.33. The second-order valence-corrected chi connectivity index (χ2v) is 9.19. The molecule has 0 unspecified atom stereocenters. The van der Waals surface area contributed by atoms with Crippen molar-refractivity contribution in [1.82, 2.24) is 0 Å². The summed E-state index contributed by atoms with van der Waals surface area (Å²) in [5.41, 5.74) is 0.997. The SMILES string of the molecule is CCOc1ccc(N(CC(=O)Nc2cccc3ccccc23)S(=O)(=O)c2ccccc2)cc1. The van der Waals surface area contributed by atoms with Gasteiger partial charge in [0.2, 0.25) is 5.91 Å². The number of nitrogens with one attached hydrogen (secondary N) is 1. The van der Waals surface area contributed by atoms with Crippen molar-refractivity contribution in [3.05, 3.63) is 97.1 Å². The predicted octanol–water partition coefficient (Wildman–Crippen LogP) is 5.07. The molecule has 0 fully saturated rings. The van der Waals surface area contributed by atoms with Crippen LogP contribution in [0.2, 0.25) is 0 Å². The average molecular weight is 461 g/mol. The van der Waals surface area contributed by atoms with Gasteiger partial charge in [0.05, 0.1) is 17.2 Å². The van der Waals surface area contributed by atoms with Crippen LogP contribution >= 0.6 is 0 Å². The second kappa shape index (κ2) is 9.75. The van der Waals surface area contributed by atoms with E-state index in [-0.39, 0.29) is 11.4 Å². The molecule has 4 rings (SSSR count). The van der Waals surface area contributed by atoms with E-state index in [1.54, 1.807) is 48.5 Å². The topological polar surface area (TPSA) is 75.7 Å². The number of ether oxygens (including phenoxy) is 1. The summed E-state index contributed by atoms with van der Waals surface area (Å²) in [6.07, 6.45) is 0. The van der Waals surface area contributed by atoms with E-state index in [1.807, 2.05) is 43.3 Å². The first-order chi connectivity index (χ1) is 16.0. The molecule has 0 atom stereocenters. The van der Waals surface area contributed by atoms with Crippen molar-refractivity contribution in [1.29, 1.82) is 0 Å². The van der Waals surface area contributed by atoms with Crippen molar-refractivity contribution in [3.8, 4) is 5.75 Å². The molecular formula is C26H24N2O4S. The number of amides is 1. The molecule has 0 saturated carbocycles. The zero-order valence-corrected chi connectivity index (χ0v) is 19.0. The number of sulfonamides is 1. The van der Waals surface area contributed by atoms with Crippen molar-refractivity contribution in [2.24, 2.45) is 0 Å². The van der Waals surface area contributed by atoms with Crippen LogP contribution in [-0.2, 0) is 14.8 Å². The van der Waals surface area contributed by atoms with Crippen molar-refractivity contribution < 1.29 is 17.9 Å². The summed E-state index contributed by atoms with van der Waals surface area (Å²) < 4.78 is 33.5. The number of carbonyl (C=O) groups is 1. The number of anilines is 2. The summed E-state index contributed by atoms with van der Waals surface area (Å²) in [5.74, 6) is 0.179. The van der Waals surface area contributed by atoms with E-state index in [0.29, 0.717) is 23.7 Å². The maximum atomic E-state index is 13.5. The van der Waals surface area contributed by atoms with Gasteiger partial charge in [0, 0.05) is 11.1 Å². The Morgan fingerprint density at radius 2 is 1.52 bits per heavy atom. The number of rotatable bonds is 8. The lowest BCUT2D eigenvalue weighted by molar-refractivity contribution is -0.114. The summed E-state index contributed by atoms with van der Waals surface area (Å²) in [6.45, 7) is 1.99. The summed E-state index contributed by atoms with van der Waals surface area (Å²) in [7, 11) is -3.98. The minimum atomic E-state index is -3.98. The highest BCUT2D eigenvalue weighted by Crippen LogP contribution is 2.27. The molecule has 168 valence electrons. The molecule has 6 nitrogen and oxygen atoms in total. The van der Waals surface area contributed by atoms with E-state index in [1.165, 1.54) is 12.1 Å². The van der Waals surface area contributed by atoms with Gasteiger partial charge in [-0.05, 0) is 54.8 Å². The Labute approximate surface area is 193 Å². The van der Waals surface area contributed by atoms with E-state index in [2.05, 4.69) is 5.32 Å². The molecule has 1 N–H and O–H groups in total. The Hall–Kier alpha value is -3.84. The lowest BCUT2D eigenvalue weighted by atomic mass is 10.1. The van der Waals surface area contributed by atoms with Gasteiger partial charge >= 0.3 is 0 Å². The number of carbonyl (C=O) groups excluding carboxylic acids is 1. The molecule has 0 aliphatic heterocycles. The van der Waals surface area contributed by atoms with Crippen LogP contribution in [0.25, 0.3) is 10.8 Å². The molecule has 0 heterocycles. The van der Waals surface area contributed by atoms with Gasteiger partial charge in [-0.3, -0.25) is 9.10 Å². The number of hydrogen-bond acceptors (Lipinski definition) is 4. The van der Waals surface area contributed by atoms with Crippen molar-refractivity contribution >= 4 is 38.1 Å². The lowest BCUT2D eigenvalue weighted by Crippen LogP contribution is -2.38. The van der Waals surface area contributed by atoms with Crippen LogP contribution in [0.3, 0.4) is 0 Å². The fourth-order valence-electron chi connectivity index (χ4n) is 3.56. The highest BCUT2D eigenvalue weighted by atomic mass is 32.2. The Balaban J connectivity index is 1.66. The Kier molecular flexibility index (Phi) is 6.60. The number of fused-ring (bicyclic) bond motifs is 1. The van der Waals surface area contributed by atoms with Gasteiger partial charge < -0.3 is 10.1 Å². The van der Waals surface area contributed by atoms with Crippen LogP contribution in [0.5, 0.6) is 5.75 Å². The minimum Gasteiger partial charge on any atom is -0.494 e. The summed E-state index contributed by atoms with van der Waals surface area (Å²) in [4.78, 5) is 13.2. The Bertz CT molecular complexity index is 1350. The smallest absolute Gasteiger partial charge is 0.264 e. The molecule has 0 aromatic heterocycles. The third-order valence-electron chi connectivity index (χ3n) is 5.12. The van der Waals surface area contributed by atoms with E-state index in [9.17, 15) is 13.2 Å². The predicted molar refractivity (Wildman–Crippen MR) is 131 cm³/mol. The summed E-state index contributed by atoms with van der Waals surface area (Å²) in [5, 5.41) is 4.73. The van der Waals surface area contributed by atoms with Gasteiger partial charge in [-0.2, -0.15) is 0 Å². The van der Waals surface area contributed by atoms with Crippen LogP contribution in [0.15, 0.2) is 102 Å². The molecule has 4 aromatic rings. The molecule has 0 aliphatic rings. The first-order valence-electron chi connectivity index (χ1n) is 10.6. The zero-order chi connectivity index (χ0) is 23.3. The Morgan fingerprint density at radius 1 is 0.848 bits per heavy atom. The van der Waals surface area contributed by atoms with Gasteiger partial charge in [0.15, 0.2) is 0 Å². The number of hydrogen-bond donors (Lipinski definition) is 1. The highest BCUT2D eigenvalue weighted by Gasteiger charge is 2.27. The van der Waals surface area contributed by atoms with Gasteiger partial charge in [-0.15, -0.1) is 0 Å². The normalized spacial score (nSPS) is 11.2. The maximum absolute atomic E-state index is 13.5. The first kappa shape index (κ1) is 22.4. The van der Waals surface area contributed by atoms with Crippen LogP contribution in [0.1, 0.15) is 6.92 Å². The van der Waals surface area contributed by atoms with Crippen molar-refractivity contribution in [2.45, 2.75) is 11.8 Å². The zero-order valence-electron chi connectivity index (χ0n) is 18.1. The molecule has 0 spiro atoms. The fraction of sp³-hybridized carbons (Fsp3) is 0.115. The van der Waals surface area contributed by atoms with E-state index < -0.39 is 15.9 Å². The fourth-order valence-corrected chi connectivity index (χ4v) is 5.01. The van der Waals surface area contributed by atoms with E-state index in [0.717, 1.165) is 15.1 Å². The molecule has 33 heavy (non-hydrogen) atoms. The van der Waals surface area contributed by atoms with E-state index in [4.69, 9.17) is 4.74 Å². The maximum Gasteiger partial charge on any atom is 0.264 e. The summed E-state index contributed by atoms with van der Waals surface area (Å²) in [6, 6.07) is 28.0. The monoisotopic (exact) mass is 460 g/mol. The van der Waals surface area contributed by atoms with Crippen LogP contribution < -0.4 is 14.4 Å². The van der Waals surface area contributed by atoms with Gasteiger partial charge in [-0.25, -0.2) is 8.42 Å². The summed E-state index contributed by atoms with van der Waals surface area (Å²) >= 11 is 0. The molecule has 0 radical (unpaired) electrons. The largest absolute Gasteiger partial charge is 0.494 e. The van der Waals surface area contributed by atoms with Crippen LogP contribution in [-0.4, -0.2) is 27.5 Å². The first-order valence-corrected chi connectivity index (χ1v) is 12.0. The third kappa shape index (κ3) is 4.99. The lowest BCUT2D eigenvalue weighted by Gasteiger charge is -2.24. The standard InChI is InChI=1S/C26H24N2O4S/c1-2-32-22-17-15-21(16-18-22)28(33(30,31)23-11-4-3-5-12-23)19-26(29)27-25-14-8-10-20-9-6-7-13-24(20)25/h3-18H,2,19H2,1H3,(H,27,29). The van der Waals surface area contributed by atoms with Crippen LogP contribution in [0, 0.1) is 0 Å². The number of benzene rings is 4. The molecule has 0 saturated heterocycles.